The Balaban J connectivity index is 1.78. The van der Waals surface area contributed by atoms with Crippen LogP contribution in [0, 0.1) is 0 Å². The van der Waals surface area contributed by atoms with E-state index < -0.39 is 5.91 Å². The van der Waals surface area contributed by atoms with Gasteiger partial charge in [-0.05, 0) is 25.1 Å². The van der Waals surface area contributed by atoms with E-state index in [1.54, 1.807) is 25.1 Å². The van der Waals surface area contributed by atoms with Crippen molar-refractivity contribution in [3.8, 4) is 5.75 Å². The summed E-state index contributed by atoms with van der Waals surface area (Å²) in [5.41, 5.74) is 9.50. The van der Waals surface area contributed by atoms with Gasteiger partial charge in [0.2, 0.25) is 0 Å². The second kappa shape index (κ2) is 7.79. The fraction of sp³-hybridized carbons (Fsp3) is 0.105. The molecule has 7 heteroatoms. The lowest BCUT2D eigenvalue weighted by Crippen LogP contribution is -2.21. The fourth-order valence-corrected chi connectivity index (χ4v) is 3.39. The van der Waals surface area contributed by atoms with Gasteiger partial charge in [0.15, 0.2) is 6.61 Å². The second-order valence-corrected chi connectivity index (χ2v) is 6.45. The Hall–Kier alpha value is -3.19. The van der Waals surface area contributed by atoms with Crippen molar-refractivity contribution in [1.82, 2.24) is 5.43 Å². The fourth-order valence-electron chi connectivity index (χ4n) is 2.45. The van der Waals surface area contributed by atoms with E-state index in [4.69, 9.17) is 10.5 Å². The Morgan fingerprint density at radius 3 is 2.65 bits per heavy atom. The predicted octanol–water partition coefficient (Wildman–Crippen LogP) is 2.92. The van der Waals surface area contributed by atoms with Crippen molar-refractivity contribution in [1.29, 1.82) is 0 Å². The number of benzene rings is 2. The summed E-state index contributed by atoms with van der Waals surface area (Å²) in [6.45, 7) is 1.52. The molecule has 26 heavy (non-hydrogen) atoms. The summed E-state index contributed by atoms with van der Waals surface area (Å²) in [7, 11) is 0. The van der Waals surface area contributed by atoms with E-state index >= 15 is 0 Å². The molecule has 0 aliphatic rings. The Morgan fingerprint density at radius 2 is 1.85 bits per heavy atom. The van der Waals surface area contributed by atoms with Crippen LogP contribution in [0.15, 0.2) is 59.0 Å². The minimum atomic E-state index is -0.563. The molecule has 6 nitrogen and oxygen atoms in total. The van der Waals surface area contributed by atoms with Gasteiger partial charge in [-0.15, -0.1) is 11.3 Å². The molecule has 132 valence electrons. The number of ether oxygens (including phenoxy) is 1. The van der Waals surface area contributed by atoms with Crippen LogP contribution < -0.4 is 15.9 Å². The number of nitrogens with two attached hydrogens (primary N) is 1. The van der Waals surface area contributed by atoms with Crippen molar-refractivity contribution >= 4 is 38.9 Å². The molecule has 0 unspecified atom stereocenters. The molecule has 3 N–H and O–H groups in total. The minimum Gasteiger partial charge on any atom is -0.483 e. The molecule has 0 saturated heterocycles. The van der Waals surface area contributed by atoms with Crippen LogP contribution in [0.4, 0.5) is 0 Å². The number of carbonyl (C=O) groups excluding carboxylic acids is 2. The highest BCUT2D eigenvalue weighted by Gasteiger charge is 2.12. The molecule has 2 amide bonds. The maximum atomic E-state index is 12.5. The topological polar surface area (TPSA) is 93.8 Å². The van der Waals surface area contributed by atoms with Crippen LogP contribution >= 0.6 is 11.3 Å². The van der Waals surface area contributed by atoms with Crippen LogP contribution in [0.5, 0.6) is 5.75 Å². The summed E-state index contributed by atoms with van der Waals surface area (Å²) in [5, 5.41) is 6.88. The number of nitrogens with zero attached hydrogens (tertiary/aromatic N) is 1. The van der Waals surface area contributed by atoms with E-state index in [9.17, 15) is 9.59 Å². The van der Waals surface area contributed by atoms with Crippen LogP contribution in [-0.4, -0.2) is 24.1 Å². The van der Waals surface area contributed by atoms with Crippen molar-refractivity contribution in [2.45, 2.75) is 6.92 Å². The molecule has 1 heterocycles. The first kappa shape index (κ1) is 17.6. The highest BCUT2D eigenvalue weighted by molar-refractivity contribution is 7.17. The van der Waals surface area contributed by atoms with Gasteiger partial charge < -0.3 is 10.5 Å². The van der Waals surface area contributed by atoms with Gasteiger partial charge in [0.1, 0.15) is 5.75 Å². The molecule has 0 bridgehead atoms. The molecule has 0 aliphatic carbocycles. The summed E-state index contributed by atoms with van der Waals surface area (Å²) in [4.78, 5) is 23.4. The molecule has 3 rings (SSSR count). The first-order valence-corrected chi connectivity index (χ1v) is 8.75. The molecule has 1 aromatic heterocycles. The number of thiophene rings is 1. The third kappa shape index (κ3) is 3.89. The number of fused-ring (bicyclic) bond motifs is 1. The lowest BCUT2D eigenvalue weighted by atomic mass is 10.1. The average Bonchev–Trinajstić information content (AvgIpc) is 3.08. The Kier molecular flexibility index (Phi) is 5.28. The molecule has 0 atom stereocenters. The van der Waals surface area contributed by atoms with Gasteiger partial charge in [-0.3, -0.25) is 9.59 Å². The zero-order valence-corrected chi connectivity index (χ0v) is 14.9. The quantitative estimate of drug-likeness (QED) is 0.518. The molecule has 0 radical (unpaired) electrons. The molecular weight excluding hydrogens is 350 g/mol. The van der Waals surface area contributed by atoms with E-state index in [0.29, 0.717) is 22.6 Å². The van der Waals surface area contributed by atoms with Crippen molar-refractivity contribution in [2.75, 3.05) is 6.61 Å². The third-order valence-corrected chi connectivity index (χ3v) is 4.66. The van der Waals surface area contributed by atoms with Crippen molar-refractivity contribution in [3.05, 3.63) is 65.0 Å². The van der Waals surface area contributed by atoms with Crippen LogP contribution in [0.1, 0.15) is 22.8 Å². The second-order valence-electron chi connectivity index (χ2n) is 5.53. The van der Waals surface area contributed by atoms with Gasteiger partial charge in [0.25, 0.3) is 11.8 Å². The average molecular weight is 367 g/mol. The van der Waals surface area contributed by atoms with Gasteiger partial charge in [0, 0.05) is 21.0 Å². The van der Waals surface area contributed by atoms with E-state index in [0.717, 1.165) is 10.1 Å². The number of para-hydroxylation sites is 1. The number of carbonyl (C=O) groups is 2. The number of hydrazone groups is 1. The smallest absolute Gasteiger partial charge is 0.272 e. The molecule has 3 aromatic rings. The number of nitrogens with one attached hydrogen (secondary N) is 1. The first-order chi connectivity index (χ1) is 12.6. The lowest BCUT2D eigenvalue weighted by Gasteiger charge is -2.10. The molecule has 0 fully saturated rings. The zero-order valence-electron chi connectivity index (χ0n) is 14.1. The summed E-state index contributed by atoms with van der Waals surface area (Å²) in [5.74, 6) is -0.368. The van der Waals surface area contributed by atoms with Crippen LogP contribution in [0.2, 0.25) is 0 Å². The highest BCUT2D eigenvalue weighted by atomic mass is 32.1. The molecule has 0 spiro atoms. The van der Waals surface area contributed by atoms with Crippen LogP contribution in [0.25, 0.3) is 10.1 Å². The number of rotatable bonds is 6. The van der Waals surface area contributed by atoms with E-state index in [1.165, 1.54) is 11.3 Å². The number of primary amides is 1. The van der Waals surface area contributed by atoms with E-state index in [-0.39, 0.29) is 12.5 Å². The van der Waals surface area contributed by atoms with Crippen LogP contribution in [-0.2, 0) is 4.79 Å². The molecular formula is C19H17N3O3S. The maximum Gasteiger partial charge on any atom is 0.272 e. The summed E-state index contributed by atoms with van der Waals surface area (Å²) in [6.07, 6.45) is 0. The molecule has 0 aliphatic heterocycles. The summed E-state index contributed by atoms with van der Waals surface area (Å²) >= 11 is 1.51. The SMILES string of the molecule is C/C(=N\NC(=O)c1csc2ccccc12)c1ccccc1OCC(N)=O. The Labute approximate surface area is 154 Å². The van der Waals surface area contributed by atoms with Crippen molar-refractivity contribution in [2.24, 2.45) is 10.8 Å². The van der Waals surface area contributed by atoms with Gasteiger partial charge in [-0.25, -0.2) is 5.43 Å². The summed E-state index contributed by atoms with van der Waals surface area (Å²) in [6, 6.07) is 14.8. The zero-order chi connectivity index (χ0) is 18.5. The van der Waals surface area contributed by atoms with Gasteiger partial charge in [0.05, 0.1) is 11.3 Å². The van der Waals surface area contributed by atoms with E-state index in [2.05, 4.69) is 10.5 Å². The predicted molar refractivity (Wildman–Crippen MR) is 103 cm³/mol. The maximum absolute atomic E-state index is 12.5. The largest absolute Gasteiger partial charge is 0.483 e. The minimum absolute atomic E-state index is 0.225. The van der Waals surface area contributed by atoms with Gasteiger partial charge >= 0.3 is 0 Å². The lowest BCUT2D eigenvalue weighted by molar-refractivity contribution is -0.119. The standard InChI is InChI=1S/C19H17N3O3S/c1-12(13-6-2-4-8-16(13)25-10-18(20)23)21-22-19(24)15-11-26-17-9-5-3-7-14(15)17/h2-9,11H,10H2,1H3,(H2,20,23)(H,22,24)/b21-12+. The Bertz CT molecular complexity index is 994. The first-order valence-electron chi connectivity index (χ1n) is 7.87. The summed E-state index contributed by atoms with van der Waals surface area (Å²) < 4.78 is 6.43. The number of hydrogen-bond acceptors (Lipinski definition) is 5. The van der Waals surface area contributed by atoms with Crippen LogP contribution in [0.3, 0.4) is 0 Å². The van der Waals surface area contributed by atoms with Gasteiger partial charge in [-0.2, -0.15) is 5.10 Å². The molecule has 2 aromatic carbocycles. The Morgan fingerprint density at radius 1 is 1.12 bits per heavy atom. The van der Waals surface area contributed by atoms with Gasteiger partial charge in [-0.1, -0.05) is 30.3 Å². The van der Waals surface area contributed by atoms with Crippen molar-refractivity contribution < 1.29 is 14.3 Å². The third-order valence-electron chi connectivity index (χ3n) is 3.70. The highest BCUT2D eigenvalue weighted by Crippen LogP contribution is 2.25. The van der Waals surface area contributed by atoms with E-state index in [1.807, 2.05) is 35.7 Å². The number of amides is 2. The monoisotopic (exact) mass is 367 g/mol. The molecule has 0 saturated carbocycles. The van der Waals surface area contributed by atoms with Crippen molar-refractivity contribution in [3.63, 3.8) is 0 Å². The normalized spacial score (nSPS) is 11.3. The number of hydrogen-bond donors (Lipinski definition) is 2.